The zero-order valence-corrected chi connectivity index (χ0v) is 16.1. The lowest BCUT2D eigenvalue weighted by Crippen LogP contribution is -2.22. The Balaban J connectivity index is 1.55. The molecule has 0 bridgehead atoms. The van der Waals surface area contributed by atoms with Gasteiger partial charge in [0.2, 0.25) is 0 Å². The molecule has 0 radical (unpaired) electrons. The maximum absolute atomic E-state index is 4.89. The summed E-state index contributed by atoms with van der Waals surface area (Å²) in [6.45, 7) is 8.77. The number of thiazole rings is 2. The second kappa shape index (κ2) is 6.21. The Hall–Kier alpha value is -1.30. The van der Waals surface area contributed by atoms with Crippen LogP contribution in [0, 0.1) is 0 Å². The molecule has 0 amide bonds. The number of rotatable bonds is 3. The van der Waals surface area contributed by atoms with Crippen LogP contribution in [0.5, 0.6) is 0 Å². The van der Waals surface area contributed by atoms with Gasteiger partial charge in [-0.05, 0) is 31.5 Å². The van der Waals surface area contributed by atoms with Crippen LogP contribution in [0.15, 0.2) is 29.6 Å². The summed E-state index contributed by atoms with van der Waals surface area (Å²) in [5.74, 6) is 0. The van der Waals surface area contributed by atoms with Crippen LogP contribution in [-0.4, -0.2) is 21.4 Å². The highest BCUT2D eigenvalue weighted by molar-refractivity contribution is 7.18. The van der Waals surface area contributed by atoms with E-state index in [1.54, 1.807) is 11.3 Å². The van der Waals surface area contributed by atoms with E-state index in [1.165, 1.54) is 33.3 Å². The van der Waals surface area contributed by atoms with E-state index in [0.717, 1.165) is 18.6 Å². The third kappa shape index (κ3) is 3.13. The Bertz CT molecular complexity index is 811. The van der Waals surface area contributed by atoms with Gasteiger partial charge in [-0.2, -0.15) is 0 Å². The summed E-state index contributed by atoms with van der Waals surface area (Å²) >= 11 is 3.64. The van der Waals surface area contributed by atoms with Gasteiger partial charge in [0.1, 0.15) is 10.0 Å². The third-order valence-electron chi connectivity index (χ3n) is 4.62. The minimum atomic E-state index is 0.131. The minimum Gasteiger partial charge on any atom is -0.287 e. The van der Waals surface area contributed by atoms with E-state index in [1.807, 2.05) is 11.3 Å². The van der Waals surface area contributed by atoms with E-state index in [-0.39, 0.29) is 5.41 Å². The van der Waals surface area contributed by atoms with E-state index in [2.05, 4.69) is 55.3 Å². The van der Waals surface area contributed by atoms with Gasteiger partial charge in [0, 0.05) is 10.8 Å². The zero-order chi connectivity index (χ0) is 16.7. The fourth-order valence-corrected chi connectivity index (χ4v) is 5.41. The molecule has 1 atom stereocenters. The van der Waals surface area contributed by atoms with Crippen LogP contribution in [-0.2, 0) is 12.0 Å². The maximum atomic E-state index is 4.89. The summed E-state index contributed by atoms with van der Waals surface area (Å²) in [7, 11) is 0. The van der Waals surface area contributed by atoms with E-state index in [9.17, 15) is 0 Å². The molecule has 126 valence electrons. The first-order valence-corrected chi connectivity index (χ1v) is 10.2. The van der Waals surface area contributed by atoms with Crippen molar-refractivity contribution in [3.63, 3.8) is 0 Å². The van der Waals surface area contributed by atoms with E-state index in [0.29, 0.717) is 6.04 Å². The Morgan fingerprint density at radius 1 is 1.21 bits per heavy atom. The van der Waals surface area contributed by atoms with Gasteiger partial charge in [0.15, 0.2) is 0 Å². The largest absolute Gasteiger partial charge is 0.287 e. The van der Waals surface area contributed by atoms with Crippen LogP contribution in [0.25, 0.3) is 10.2 Å². The van der Waals surface area contributed by atoms with Crippen molar-refractivity contribution < 1.29 is 0 Å². The topological polar surface area (TPSA) is 29.0 Å². The normalized spacial score (nSPS) is 19.4. The van der Waals surface area contributed by atoms with Crippen LogP contribution in [0.4, 0.5) is 0 Å². The summed E-state index contributed by atoms with van der Waals surface area (Å²) in [6.07, 6.45) is 2.45. The quantitative estimate of drug-likeness (QED) is 0.629. The Morgan fingerprint density at radius 2 is 2.04 bits per heavy atom. The lowest BCUT2D eigenvalue weighted by molar-refractivity contribution is 0.247. The van der Waals surface area contributed by atoms with Crippen molar-refractivity contribution in [1.82, 2.24) is 14.9 Å². The minimum absolute atomic E-state index is 0.131. The van der Waals surface area contributed by atoms with Crippen molar-refractivity contribution in [3.05, 3.63) is 45.4 Å². The summed E-state index contributed by atoms with van der Waals surface area (Å²) in [5, 5.41) is 4.72. The molecule has 1 saturated heterocycles. The molecule has 0 aliphatic carbocycles. The van der Waals surface area contributed by atoms with Gasteiger partial charge in [-0.15, -0.1) is 22.7 Å². The van der Waals surface area contributed by atoms with E-state index >= 15 is 0 Å². The standard InChI is InChI=1S/C19H23N3S2/c1-19(2,3)16-12-23-17(21-16)11-22-10-6-8-14(22)18-20-13-7-4-5-9-15(13)24-18/h4-5,7,9,12,14H,6,8,10-11H2,1-3H3/t14-/m1/s1. The van der Waals surface area contributed by atoms with Gasteiger partial charge < -0.3 is 0 Å². The highest BCUT2D eigenvalue weighted by atomic mass is 32.1. The number of para-hydroxylation sites is 1. The smallest absolute Gasteiger partial charge is 0.111 e. The van der Waals surface area contributed by atoms with Crippen LogP contribution in [0.1, 0.15) is 55.4 Å². The molecule has 0 unspecified atom stereocenters. The average Bonchev–Trinajstić information content (AvgIpc) is 3.25. The fourth-order valence-electron chi connectivity index (χ4n) is 3.23. The second-order valence-electron chi connectivity index (χ2n) is 7.52. The lowest BCUT2D eigenvalue weighted by atomic mass is 9.93. The number of hydrogen-bond acceptors (Lipinski definition) is 5. The summed E-state index contributed by atoms with van der Waals surface area (Å²) in [6, 6.07) is 8.91. The highest BCUT2D eigenvalue weighted by Crippen LogP contribution is 2.37. The molecule has 5 heteroatoms. The molecule has 1 aliphatic rings. The average molecular weight is 358 g/mol. The van der Waals surface area contributed by atoms with Crippen molar-refractivity contribution in [2.75, 3.05) is 6.54 Å². The molecule has 3 heterocycles. The van der Waals surface area contributed by atoms with E-state index < -0.39 is 0 Å². The molecule has 0 N–H and O–H groups in total. The predicted octanol–water partition coefficient (Wildman–Crippen LogP) is 5.39. The molecule has 1 fully saturated rings. The Labute approximate surface area is 151 Å². The Morgan fingerprint density at radius 3 is 2.79 bits per heavy atom. The molecule has 3 nitrogen and oxygen atoms in total. The summed E-state index contributed by atoms with van der Waals surface area (Å²) < 4.78 is 1.30. The number of hydrogen-bond donors (Lipinski definition) is 0. The first kappa shape index (κ1) is 16.2. The second-order valence-corrected chi connectivity index (χ2v) is 9.53. The van der Waals surface area contributed by atoms with Crippen molar-refractivity contribution in [2.24, 2.45) is 0 Å². The molecule has 0 saturated carbocycles. The molecule has 0 spiro atoms. The van der Waals surface area contributed by atoms with Gasteiger partial charge in [-0.3, -0.25) is 4.90 Å². The lowest BCUT2D eigenvalue weighted by Gasteiger charge is -2.21. The van der Waals surface area contributed by atoms with Crippen molar-refractivity contribution in [3.8, 4) is 0 Å². The van der Waals surface area contributed by atoms with Crippen LogP contribution < -0.4 is 0 Å². The van der Waals surface area contributed by atoms with Crippen molar-refractivity contribution in [1.29, 1.82) is 0 Å². The van der Waals surface area contributed by atoms with Crippen LogP contribution in [0.2, 0.25) is 0 Å². The SMILES string of the molecule is CC(C)(C)c1csc(CN2CCC[C@@H]2c2nc3ccccc3s2)n1. The van der Waals surface area contributed by atoms with Crippen LogP contribution >= 0.6 is 22.7 Å². The van der Waals surface area contributed by atoms with Gasteiger partial charge in [0.25, 0.3) is 0 Å². The molecule has 1 aromatic carbocycles. The van der Waals surface area contributed by atoms with Gasteiger partial charge >= 0.3 is 0 Å². The third-order valence-corrected chi connectivity index (χ3v) is 6.59. The number of nitrogens with zero attached hydrogens (tertiary/aromatic N) is 3. The fraction of sp³-hybridized carbons (Fsp3) is 0.474. The molecule has 1 aliphatic heterocycles. The predicted molar refractivity (Wildman–Crippen MR) is 103 cm³/mol. The first-order chi connectivity index (χ1) is 11.5. The first-order valence-electron chi connectivity index (χ1n) is 8.55. The van der Waals surface area contributed by atoms with Crippen LogP contribution in [0.3, 0.4) is 0 Å². The molecular formula is C19H23N3S2. The molecule has 2 aromatic heterocycles. The Kier molecular flexibility index (Phi) is 4.19. The molecule has 4 rings (SSSR count). The van der Waals surface area contributed by atoms with Crippen molar-refractivity contribution in [2.45, 2.75) is 51.6 Å². The molecule has 3 aromatic rings. The van der Waals surface area contributed by atoms with Gasteiger partial charge in [0.05, 0.1) is 28.5 Å². The maximum Gasteiger partial charge on any atom is 0.111 e. The summed E-state index contributed by atoms with van der Waals surface area (Å²) in [5.41, 5.74) is 2.47. The van der Waals surface area contributed by atoms with Gasteiger partial charge in [-0.1, -0.05) is 32.9 Å². The highest BCUT2D eigenvalue weighted by Gasteiger charge is 2.29. The monoisotopic (exact) mass is 357 g/mol. The summed E-state index contributed by atoms with van der Waals surface area (Å²) in [4.78, 5) is 12.3. The van der Waals surface area contributed by atoms with Gasteiger partial charge in [-0.25, -0.2) is 9.97 Å². The number of benzene rings is 1. The number of likely N-dealkylation sites (tertiary alicyclic amines) is 1. The molecular weight excluding hydrogens is 334 g/mol. The number of aromatic nitrogens is 2. The van der Waals surface area contributed by atoms with E-state index in [4.69, 9.17) is 9.97 Å². The number of fused-ring (bicyclic) bond motifs is 1. The zero-order valence-electron chi connectivity index (χ0n) is 14.5. The molecule has 24 heavy (non-hydrogen) atoms. The van der Waals surface area contributed by atoms with Crippen molar-refractivity contribution >= 4 is 32.9 Å².